The van der Waals surface area contributed by atoms with Crippen molar-refractivity contribution in [2.24, 2.45) is 0 Å². The molecule has 2 aromatic carbocycles. The van der Waals surface area contributed by atoms with Crippen molar-refractivity contribution in [2.45, 2.75) is 44.4 Å². The van der Waals surface area contributed by atoms with Crippen molar-refractivity contribution in [3.8, 4) is 17.2 Å². The number of nitro benzene ring substituents is 2. The highest BCUT2D eigenvalue weighted by Crippen LogP contribution is 2.50. The van der Waals surface area contributed by atoms with Gasteiger partial charge in [0.25, 0.3) is 5.69 Å². The third-order valence-electron chi connectivity index (χ3n) is 7.34. The summed E-state index contributed by atoms with van der Waals surface area (Å²) in [6.45, 7) is 0. The topological polar surface area (TPSA) is 142 Å². The van der Waals surface area contributed by atoms with Gasteiger partial charge in [0.1, 0.15) is 0 Å². The number of hydrogen-bond donors (Lipinski definition) is 0. The first-order chi connectivity index (χ1) is 18.2. The van der Waals surface area contributed by atoms with Crippen LogP contribution in [0.5, 0.6) is 17.2 Å². The predicted octanol–water partition coefficient (Wildman–Crippen LogP) is 5.35. The molecule has 3 aliphatic rings. The SMILES string of the molecule is COc1cc(C2C3=C(CCCC3=O)N(C)C3=C2C(=O)CCC3)ccc1Oc1ccc([N+](=O)[O-])cc1[N+](=O)[O-]. The lowest BCUT2D eigenvalue weighted by Crippen LogP contribution is -2.37. The van der Waals surface area contributed by atoms with Crippen molar-refractivity contribution in [1.82, 2.24) is 4.90 Å². The number of benzene rings is 2. The number of methoxy groups -OCH3 is 1. The number of allylic oxidation sites excluding steroid dienone is 4. The largest absolute Gasteiger partial charge is 0.493 e. The first-order valence-corrected chi connectivity index (χ1v) is 12.3. The van der Waals surface area contributed by atoms with Crippen molar-refractivity contribution in [1.29, 1.82) is 0 Å². The smallest absolute Gasteiger partial charge is 0.318 e. The molecule has 5 rings (SSSR count). The number of Topliss-reactive ketones (excluding diaryl/α,β-unsaturated/α-hetero) is 2. The van der Waals surface area contributed by atoms with E-state index in [4.69, 9.17) is 9.47 Å². The average Bonchev–Trinajstić information content (AvgIpc) is 2.90. The van der Waals surface area contributed by atoms with Crippen LogP contribution in [0.3, 0.4) is 0 Å². The minimum absolute atomic E-state index is 0.0221. The average molecular weight is 520 g/mol. The van der Waals surface area contributed by atoms with E-state index in [0.29, 0.717) is 29.6 Å². The fourth-order valence-corrected chi connectivity index (χ4v) is 5.60. The summed E-state index contributed by atoms with van der Waals surface area (Å²) in [6, 6.07) is 8.09. The van der Waals surface area contributed by atoms with Gasteiger partial charge in [0.15, 0.2) is 23.1 Å². The molecule has 0 unspecified atom stereocenters. The number of ether oxygens (including phenoxy) is 2. The van der Waals surface area contributed by atoms with E-state index in [-0.39, 0.29) is 28.8 Å². The lowest BCUT2D eigenvalue weighted by molar-refractivity contribution is -0.394. The monoisotopic (exact) mass is 519 g/mol. The molecule has 0 saturated heterocycles. The Balaban J connectivity index is 1.59. The predicted molar refractivity (Wildman–Crippen MR) is 135 cm³/mol. The Labute approximate surface area is 217 Å². The van der Waals surface area contributed by atoms with Crippen LogP contribution in [0.1, 0.15) is 50.0 Å². The van der Waals surface area contributed by atoms with E-state index < -0.39 is 27.1 Å². The van der Waals surface area contributed by atoms with E-state index in [1.54, 1.807) is 18.2 Å². The standard InChI is InChI=1S/C27H25N3O8/c1-28-17-5-3-7-20(31)26(17)25(27-18(28)6-4-8-21(27)32)15-9-11-23(24(13-15)37-2)38-22-12-10-16(29(33)34)14-19(22)30(35)36/h9-14,25H,3-8H2,1-2H3. The molecule has 11 nitrogen and oxygen atoms in total. The van der Waals surface area contributed by atoms with Gasteiger partial charge in [-0.3, -0.25) is 29.8 Å². The molecule has 196 valence electrons. The molecule has 2 aliphatic carbocycles. The summed E-state index contributed by atoms with van der Waals surface area (Å²) >= 11 is 0. The Morgan fingerprint density at radius 3 is 1.97 bits per heavy atom. The molecule has 0 atom stereocenters. The van der Waals surface area contributed by atoms with Crippen LogP contribution in [0.15, 0.2) is 58.9 Å². The van der Waals surface area contributed by atoms with Gasteiger partial charge in [0.2, 0.25) is 5.75 Å². The van der Waals surface area contributed by atoms with E-state index in [9.17, 15) is 29.8 Å². The summed E-state index contributed by atoms with van der Waals surface area (Å²) in [7, 11) is 3.34. The number of nitro groups is 2. The normalized spacial score (nSPS) is 17.8. The number of nitrogens with zero attached hydrogens (tertiary/aromatic N) is 3. The third-order valence-corrected chi connectivity index (χ3v) is 7.34. The van der Waals surface area contributed by atoms with Crippen LogP contribution in [0.25, 0.3) is 0 Å². The highest BCUT2D eigenvalue weighted by molar-refractivity contribution is 6.06. The molecule has 0 spiro atoms. The van der Waals surface area contributed by atoms with Crippen LogP contribution in [-0.2, 0) is 9.59 Å². The number of carbonyl (C=O) groups is 2. The maximum atomic E-state index is 13.2. The molecule has 38 heavy (non-hydrogen) atoms. The molecule has 0 aromatic heterocycles. The van der Waals surface area contributed by atoms with E-state index in [2.05, 4.69) is 0 Å². The number of non-ortho nitro benzene ring substituents is 1. The van der Waals surface area contributed by atoms with E-state index >= 15 is 0 Å². The number of ketones is 2. The highest BCUT2D eigenvalue weighted by Gasteiger charge is 2.42. The number of hydrogen-bond acceptors (Lipinski definition) is 9. The lowest BCUT2D eigenvalue weighted by atomic mass is 9.71. The van der Waals surface area contributed by atoms with Crippen molar-refractivity contribution < 1.29 is 28.9 Å². The second-order valence-corrected chi connectivity index (χ2v) is 9.44. The first kappa shape index (κ1) is 25.1. The van der Waals surface area contributed by atoms with E-state index in [0.717, 1.165) is 55.3 Å². The molecule has 0 amide bonds. The van der Waals surface area contributed by atoms with Crippen LogP contribution in [0.4, 0.5) is 11.4 Å². The quantitative estimate of drug-likeness (QED) is 0.365. The zero-order valence-electron chi connectivity index (χ0n) is 20.9. The Morgan fingerprint density at radius 1 is 0.816 bits per heavy atom. The molecule has 0 N–H and O–H groups in total. The Hall–Kier alpha value is -4.54. The van der Waals surface area contributed by atoms with E-state index in [1.165, 1.54) is 7.11 Å². The molecule has 2 aromatic rings. The molecular weight excluding hydrogens is 494 g/mol. The van der Waals surface area contributed by atoms with Crippen molar-refractivity contribution in [3.63, 3.8) is 0 Å². The fraction of sp³-hybridized carbons (Fsp3) is 0.333. The molecule has 0 radical (unpaired) electrons. The van der Waals surface area contributed by atoms with Gasteiger partial charge in [-0.2, -0.15) is 0 Å². The van der Waals surface area contributed by atoms with Gasteiger partial charge in [-0.05, 0) is 49.4 Å². The zero-order chi connectivity index (χ0) is 27.1. The maximum absolute atomic E-state index is 13.2. The third kappa shape index (κ3) is 4.19. The Morgan fingerprint density at radius 2 is 1.42 bits per heavy atom. The second kappa shape index (κ2) is 9.73. The maximum Gasteiger partial charge on any atom is 0.318 e. The molecule has 0 saturated carbocycles. The van der Waals surface area contributed by atoms with Crippen LogP contribution in [0, 0.1) is 20.2 Å². The zero-order valence-corrected chi connectivity index (χ0v) is 20.9. The highest BCUT2D eigenvalue weighted by atomic mass is 16.6. The van der Waals surface area contributed by atoms with Crippen LogP contribution in [0.2, 0.25) is 0 Å². The van der Waals surface area contributed by atoms with Gasteiger partial charge < -0.3 is 14.4 Å². The van der Waals surface area contributed by atoms with Gasteiger partial charge >= 0.3 is 5.69 Å². The van der Waals surface area contributed by atoms with Crippen LogP contribution in [-0.4, -0.2) is 40.5 Å². The summed E-state index contributed by atoms with van der Waals surface area (Å²) in [4.78, 5) is 49.5. The van der Waals surface area contributed by atoms with Crippen molar-refractivity contribution in [3.05, 3.63) is 84.7 Å². The van der Waals surface area contributed by atoms with Gasteiger partial charge in [0, 0.05) is 54.4 Å². The van der Waals surface area contributed by atoms with Crippen molar-refractivity contribution in [2.75, 3.05) is 14.2 Å². The number of rotatable bonds is 6. The summed E-state index contributed by atoms with van der Waals surface area (Å²) in [6.07, 6.45) is 3.86. The molecule has 0 fully saturated rings. The molecule has 11 heteroatoms. The molecule has 1 heterocycles. The minimum atomic E-state index is -0.757. The summed E-state index contributed by atoms with van der Waals surface area (Å²) in [5.41, 5.74) is 2.85. The summed E-state index contributed by atoms with van der Waals surface area (Å²) < 4.78 is 11.3. The van der Waals surface area contributed by atoms with Gasteiger partial charge in [-0.15, -0.1) is 0 Å². The second-order valence-electron chi connectivity index (χ2n) is 9.44. The van der Waals surface area contributed by atoms with Gasteiger partial charge in [-0.1, -0.05) is 6.07 Å². The van der Waals surface area contributed by atoms with Crippen molar-refractivity contribution >= 4 is 22.9 Å². The minimum Gasteiger partial charge on any atom is -0.493 e. The molecular formula is C27H25N3O8. The Bertz CT molecular complexity index is 1410. The summed E-state index contributed by atoms with van der Waals surface area (Å²) in [5, 5.41) is 22.6. The van der Waals surface area contributed by atoms with Gasteiger partial charge in [0.05, 0.1) is 23.0 Å². The van der Waals surface area contributed by atoms with Crippen LogP contribution < -0.4 is 9.47 Å². The molecule has 1 aliphatic heterocycles. The van der Waals surface area contributed by atoms with E-state index in [1.807, 2.05) is 11.9 Å². The lowest BCUT2D eigenvalue weighted by Gasteiger charge is -2.42. The van der Waals surface area contributed by atoms with Gasteiger partial charge in [-0.25, -0.2) is 0 Å². The first-order valence-electron chi connectivity index (χ1n) is 12.3. The fourth-order valence-electron chi connectivity index (χ4n) is 5.60. The van der Waals surface area contributed by atoms with Crippen LogP contribution >= 0.6 is 0 Å². The summed E-state index contributed by atoms with van der Waals surface area (Å²) in [5.74, 6) is -0.290. The number of carbonyl (C=O) groups excluding carboxylic acids is 2. The molecule has 0 bridgehead atoms. The Kier molecular flexibility index (Phi) is 6.43.